The molecule has 3 heterocycles. The fraction of sp³-hybridized carbons (Fsp3) is 0.167. The van der Waals surface area contributed by atoms with Crippen LogP contribution >= 0.6 is 0 Å². The van der Waals surface area contributed by atoms with Crippen LogP contribution in [0.25, 0.3) is 0 Å². The maximum absolute atomic E-state index is 13.3. The highest BCUT2D eigenvalue weighted by atomic mass is 16.2. The smallest absolute Gasteiger partial charge is 0.260 e. The molecule has 0 saturated heterocycles. The van der Waals surface area contributed by atoms with Crippen molar-refractivity contribution in [1.29, 1.82) is 0 Å². The monoisotopic (exact) mass is 412 g/mol. The van der Waals surface area contributed by atoms with E-state index in [1.165, 1.54) is 0 Å². The maximum atomic E-state index is 13.3. The van der Waals surface area contributed by atoms with Crippen molar-refractivity contribution in [3.8, 4) is 0 Å². The summed E-state index contributed by atoms with van der Waals surface area (Å²) in [7, 11) is 0. The molecule has 7 nitrogen and oxygen atoms in total. The highest BCUT2D eigenvalue weighted by Crippen LogP contribution is 2.45. The number of aromatic nitrogens is 1. The van der Waals surface area contributed by atoms with Gasteiger partial charge in [0, 0.05) is 30.3 Å². The molecule has 5 rings (SSSR count). The molecule has 3 amide bonds. The van der Waals surface area contributed by atoms with Crippen molar-refractivity contribution in [2.75, 3.05) is 11.4 Å². The normalized spacial score (nSPS) is 16.6. The number of hydrogen-bond donors (Lipinski definition) is 1. The van der Waals surface area contributed by atoms with E-state index < -0.39 is 6.17 Å². The zero-order chi connectivity index (χ0) is 21.4. The first kappa shape index (κ1) is 19.0. The number of para-hydroxylation sites is 1. The standard InChI is InChI=1S/C24H20N4O3/c29-21(26-15-16-7-5-6-13-25-16)12-14-27-22-17-8-1-2-9-18(17)24(31)28(22)20-11-4-3-10-19(20)23(27)30/h1-11,13,22H,12,14-15H2,(H,26,29). The van der Waals surface area contributed by atoms with Gasteiger partial charge < -0.3 is 10.2 Å². The topological polar surface area (TPSA) is 82.6 Å². The van der Waals surface area contributed by atoms with Gasteiger partial charge in [-0.2, -0.15) is 0 Å². The summed E-state index contributed by atoms with van der Waals surface area (Å²) < 4.78 is 0. The highest BCUT2D eigenvalue weighted by molar-refractivity contribution is 6.16. The van der Waals surface area contributed by atoms with E-state index in [2.05, 4.69) is 10.3 Å². The van der Waals surface area contributed by atoms with Crippen LogP contribution in [0.4, 0.5) is 5.69 Å². The van der Waals surface area contributed by atoms with Gasteiger partial charge in [-0.1, -0.05) is 36.4 Å². The third kappa shape index (κ3) is 3.24. The number of fused-ring (bicyclic) bond motifs is 5. The Hall–Kier alpha value is -4.00. The second-order valence-electron chi connectivity index (χ2n) is 7.50. The predicted molar refractivity (Wildman–Crippen MR) is 114 cm³/mol. The van der Waals surface area contributed by atoms with Gasteiger partial charge in [0.25, 0.3) is 11.8 Å². The quantitative estimate of drug-likeness (QED) is 0.699. The van der Waals surface area contributed by atoms with Crippen molar-refractivity contribution in [1.82, 2.24) is 15.2 Å². The first-order chi connectivity index (χ1) is 15.1. The van der Waals surface area contributed by atoms with Crippen LogP contribution in [0, 0.1) is 0 Å². The van der Waals surface area contributed by atoms with Gasteiger partial charge in [0.05, 0.1) is 23.5 Å². The summed E-state index contributed by atoms with van der Waals surface area (Å²) in [4.78, 5) is 46.4. The van der Waals surface area contributed by atoms with Crippen LogP contribution in [0.3, 0.4) is 0 Å². The molecule has 2 aromatic carbocycles. The number of amides is 3. The first-order valence-electron chi connectivity index (χ1n) is 10.1. The minimum Gasteiger partial charge on any atom is -0.350 e. The van der Waals surface area contributed by atoms with Crippen molar-refractivity contribution in [3.05, 3.63) is 95.3 Å². The molecule has 2 aliphatic rings. The molecule has 0 radical (unpaired) electrons. The largest absolute Gasteiger partial charge is 0.350 e. The van der Waals surface area contributed by atoms with E-state index in [1.807, 2.05) is 42.5 Å². The van der Waals surface area contributed by atoms with Crippen LogP contribution in [0.5, 0.6) is 0 Å². The Morgan fingerprint density at radius 2 is 1.65 bits per heavy atom. The Bertz CT molecular complexity index is 1180. The van der Waals surface area contributed by atoms with Crippen LogP contribution in [-0.2, 0) is 11.3 Å². The molecule has 0 spiro atoms. The molecule has 2 aliphatic heterocycles. The Balaban J connectivity index is 1.39. The van der Waals surface area contributed by atoms with E-state index in [0.29, 0.717) is 23.4 Å². The average Bonchev–Trinajstić information content (AvgIpc) is 3.11. The molecular formula is C24H20N4O3. The number of nitrogens with one attached hydrogen (secondary N) is 1. The molecule has 1 aromatic heterocycles. The van der Waals surface area contributed by atoms with Gasteiger partial charge in [0.15, 0.2) is 0 Å². The van der Waals surface area contributed by atoms with E-state index in [1.54, 1.807) is 40.3 Å². The zero-order valence-electron chi connectivity index (χ0n) is 16.7. The minimum absolute atomic E-state index is 0.126. The molecule has 1 N–H and O–H groups in total. The molecule has 3 aromatic rings. The number of hydrogen-bond acceptors (Lipinski definition) is 4. The lowest BCUT2D eigenvalue weighted by atomic mass is 10.0. The summed E-state index contributed by atoms with van der Waals surface area (Å²) in [6.45, 7) is 0.525. The second kappa shape index (κ2) is 7.68. The van der Waals surface area contributed by atoms with E-state index in [4.69, 9.17) is 0 Å². The van der Waals surface area contributed by atoms with Crippen LogP contribution in [0.2, 0.25) is 0 Å². The second-order valence-corrected chi connectivity index (χ2v) is 7.50. The van der Waals surface area contributed by atoms with Crippen molar-refractivity contribution in [3.63, 3.8) is 0 Å². The number of carbonyl (C=O) groups is 3. The Morgan fingerprint density at radius 3 is 2.45 bits per heavy atom. The zero-order valence-corrected chi connectivity index (χ0v) is 16.7. The summed E-state index contributed by atoms with van der Waals surface area (Å²) in [5.41, 5.74) is 3.20. The lowest BCUT2D eigenvalue weighted by Gasteiger charge is -2.40. The lowest BCUT2D eigenvalue weighted by Crippen LogP contribution is -2.49. The summed E-state index contributed by atoms with van der Waals surface area (Å²) in [5, 5.41) is 2.84. The first-order valence-corrected chi connectivity index (χ1v) is 10.1. The Kier molecular flexibility index (Phi) is 4.71. The molecule has 154 valence electrons. The van der Waals surface area contributed by atoms with Crippen molar-refractivity contribution < 1.29 is 14.4 Å². The van der Waals surface area contributed by atoms with Crippen LogP contribution in [0.1, 0.15) is 44.6 Å². The van der Waals surface area contributed by atoms with Crippen LogP contribution in [0.15, 0.2) is 72.9 Å². The molecular weight excluding hydrogens is 392 g/mol. The molecule has 0 saturated carbocycles. The molecule has 0 bridgehead atoms. The predicted octanol–water partition coefficient (Wildman–Crippen LogP) is 2.90. The third-order valence-corrected chi connectivity index (χ3v) is 5.66. The van der Waals surface area contributed by atoms with Gasteiger partial charge in [0.1, 0.15) is 6.17 Å². The number of nitrogens with zero attached hydrogens (tertiary/aromatic N) is 3. The van der Waals surface area contributed by atoms with E-state index >= 15 is 0 Å². The Labute approximate surface area is 179 Å². The molecule has 1 unspecified atom stereocenters. The van der Waals surface area contributed by atoms with Gasteiger partial charge in [-0.15, -0.1) is 0 Å². The van der Waals surface area contributed by atoms with Gasteiger partial charge >= 0.3 is 0 Å². The summed E-state index contributed by atoms with van der Waals surface area (Å²) in [5.74, 6) is -0.495. The van der Waals surface area contributed by atoms with Crippen molar-refractivity contribution in [2.45, 2.75) is 19.1 Å². The number of pyridine rings is 1. The number of anilines is 1. The van der Waals surface area contributed by atoms with Gasteiger partial charge in [0.2, 0.25) is 5.91 Å². The molecule has 0 aliphatic carbocycles. The summed E-state index contributed by atoms with van der Waals surface area (Å²) in [6, 6.07) is 20.0. The molecule has 1 atom stereocenters. The van der Waals surface area contributed by atoms with Gasteiger partial charge in [-0.3, -0.25) is 24.3 Å². The van der Waals surface area contributed by atoms with Crippen molar-refractivity contribution in [2.24, 2.45) is 0 Å². The van der Waals surface area contributed by atoms with Gasteiger partial charge in [-0.05, 0) is 30.3 Å². The summed E-state index contributed by atoms with van der Waals surface area (Å²) >= 11 is 0. The van der Waals surface area contributed by atoms with Crippen LogP contribution < -0.4 is 10.2 Å². The highest BCUT2D eigenvalue weighted by Gasteiger charge is 2.47. The molecule has 31 heavy (non-hydrogen) atoms. The van der Waals surface area contributed by atoms with Crippen molar-refractivity contribution >= 4 is 23.4 Å². The number of carbonyl (C=O) groups excluding carboxylic acids is 3. The fourth-order valence-corrected chi connectivity index (χ4v) is 4.20. The SMILES string of the molecule is O=C(CCN1C(=O)c2ccccc2N2C(=O)c3ccccc3C12)NCc1ccccn1. The van der Waals surface area contributed by atoms with E-state index in [9.17, 15) is 14.4 Å². The third-order valence-electron chi connectivity index (χ3n) is 5.66. The number of rotatable bonds is 5. The number of benzene rings is 2. The molecule has 7 heteroatoms. The van der Waals surface area contributed by atoms with Gasteiger partial charge in [-0.25, -0.2) is 0 Å². The van der Waals surface area contributed by atoms with E-state index in [0.717, 1.165) is 11.3 Å². The maximum Gasteiger partial charge on any atom is 0.260 e. The van der Waals surface area contributed by atoms with Crippen LogP contribution in [-0.4, -0.2) is 34.2 Å². The fourth-order valence-electron chi connectivity index (χ4n) is 4.20. The van der Waals surface area contributed by atoms with E-state index in [-0.39, 0.29) is 30.7 Å². The Morgan fingerprint density at radius 1 is 0.903 bits per heavy atom. The average molecular weight is 412 g/mol. The summed E-state index contributed by atoms with van der Waals surface area (Å²) in [6.07, 6.45) is 1.25. The minimum atomic E-state index is -0.547. The lowest BCUT2D eigenvalue weighted by molar-refractivity contribution is -0.121. The molecule has 0 fully saturated rings.